The van der Waals surface area contributed by atoms with E-state index in [9.17, 15) is 24.3 Å². The second-order valence-electron chi connectivity index (χ2n) is 8.84. The molecule has 0 heterocycles. The van der Waals surface area contributed by atoms with Crippen LogP contribution in [0.2, 0.25) is 0 Å². The Morgan fingerprint density at radius 3 is 2.06 bits per heavy atom. The summed E-state index contributed by atoms with van der Waals surface area (Å²) < 4.78 is 14.9. The number of fused-ring (bicyclic) bond motifs is 3. The summed E-state index contributed by atoms with van der Waals surface area (Å²) >= 11 is 0. The Morgan fingerprint density at radius 1 is 0.971 bits per heavy atom. The van der Waals surface area contributed by atoms with E-state index in [-0.39, 0.29) is 18.9 Å². The molecule has 0 aromatic heterocycles. The first-order chi connectivity index (χ1) is 16.0. The van der Waals surface area contributed by atoms with Gasteiger partial charge in [-0.2, -0.15) is 0 Å². The zero-order valence-electron chi connectivity index (χ0n) is 19.2. The number of ether oxygens (including phenoxy) is 3. The van der Waals surface area contributed by atoms with Crippen LogP contribution in [-0.4, -0.2) is 47.5 Å². The number of hydrogen-bond acceptors (Lipinski definition) is 7. The van der Waals surface area contributed by atoms with Crippen molar-refractivity contribution < 1.29 is 38.5 Å². The van der Waals surface area contributed by atoms with E-state index in [4.69, 9.17) is 9.47 Å². The fourth-order valence-corrected chi connectivity index (χ4v) is 3.73. The molecule has 2 N–H and O–H groups in total. The van der Waals surface area contributed by atoms with Gasteiger partial charge in [-0.3, -0.25) is 4.79 Å². The minimum absolute atomic E-state index is 0.0158. The summed E-state index contributed by atoms with van der Waals surface area (Å²) in [6, 6.07) is 14.2. The molecule has 1 aliphatic rings. The third-order valence-corrected chi connectivity index (χ3v) is 5.15. The quantitative estimate of drug-likeness (QED) is 0.455. The number of hydrogen-bond donors (Lipinski definition) is 2. The van der Waals surface area contributed by atoms with Gasteiger partial charge in [0.05, 0.1) is 0 Å². The molecule has 34 heavy (non-hydrogen) atoms. The van der Waals surface area contributed by atoms with Crippen LogP contribution in [0.15, 0.2) is 48.5 Å². The number of nitrogens with one attached hydrogen (secondary N) is 1. The van der Waals surface area contributed by atoms with Crippen molar-refractivity contribution in [3.8, 4) is 11.1 Å². The van der Waals surface area contributed by atoms with E-state index in [0.29, 0.717) is 0 Å². The molecule has 2 aromatic rings. The Bertz CT molecular complexity index is 1040. The maximum absolute atomic E-state index is 12.1. The Hall–Kier alpha value is -3.88. The SMILES string of the molecule is CC(C)(C)OC(=O)N[C@@H](CCC(=O)OC(=O)OCC1c2ccccc2-c2ccccc21)C(=O)O. The number of carbonyl (C=O) groups is 4. The van der Waals surface area contributed by atoms with Crippen molar-refractivity contribution in [1.82, 2.24) is 5.32 Å². The van der Waals surface area contributed by atoms with Gasteiger partial charge >= 0.3 is 24.2 Å². The molecule has 2 aromatic carbocycles. The predicted molar refractivity (Wildman–Crippen MR) is 121 cm³/mol. The molecule has 0 fully saturated rings. The van der Waals surface area contributed by atoms with Crippen LogP contribution < -0.4 is 5.32 Å². The number of amides is 1. The number of carboxylic acid groups (broad SMARTS) is 1. The smallest absolute Gasteiger partial charge is 0.480 e. The number of carboxylic acids is 1. The molecule has 3 rings (SSSR count). The predicted octanol–water partition coefficient (Wildman–Crippen LogP) is 4.24. The van der Waals surface area contributed by atoms with E-state index < -0.39 is 42.3 Å². The number of rotatable bonds is 7. The highest BCUT2D eigenvalue weighted by Crippen LogP contribution is 2.44. The monoisotopic (exact) mass is 469 g/mol. The third-order valence-electron chi connectivity index (χ3n) is 5.15. The van der Waals surface area contributed by atoms with Crippen molar-refractivity contribution in [2.45, 2.75) is 51.2 Å². The van der Waals surface area contributed by atoms with Crippen LogP contribution in [0.1, 0.15) is 50.7 Å². The van der Waals surface area contributed by atoms with Crippen LogP contribution in [0.4, 0.5) is 9.59 Å². The number of aliphatic carboxylic acids is 1. The lowest BCUT2D eigenvalue weighted by atomic mass is 9.98. The highest BCUT2D eigenvalue weighted by atomic mass is 16.7. The van der Waals surface area contributed by atoms with Gasteiger partial charge in [0, 0.05) is 12.3 Å². The summed E-state index contributed by atoms with van der Waals surface area (Å²) in [5, 5.41) is 11.4. The minimum Gasteiger partial charge on any atom is -0.480 e. The van der Waals surface area contributed by atoms with Gasteiger partial charge in [0.1, 0.15) is 18.2 Å². The van der Waals surface area contributed by atoms with E-state index in [1.807, 2.05) is 48.5 Å². The van der Waals surface area contributed by atoms with E-state index in [0.717, 1.165) is 22.3 Å². The van der Waals surface area contributed by atoms with Crippen molar-refractivity contribution >= 4 is 24.2 Å². The van der Waals surface area contributed by atoms with Gasteiger partial charge in [-0.15, -0.1) is 0 Å². The number of alkyl carbamates (subject to hydrolysis) is 1. The maximum Gasteiger partial charge on any atom is 0.516 e. The summed E-state index contributed by atoms with van der Waals surface area (Å²) in [6.45, 7) is 4.88. The van der Waals surface area contributed by atoms with Crippen LogP contribution in [-0.2, 0) is 23.8 Å². The Morgan fingerprint density at radius 2 is 1.53 bits per heavy atom. The molecule has 1 amide bonds. The normalized spacial score (nSPS) is 13.3. The Labute approximate surface area is 197 Å². The fraction of sp³-hybridized carbons (Fsp3) is 0.360. The molecule has 0 spiro atoms. The van der Waals surface area contributed by atoms with Crippen LogP contribution in [0.3, 0.4) is 0 Å². The topological polar surface area (TPSA) is 128 Å². The molecule has 0 unspecified atom stereocenters. The fourth-order valence-electron chi connectivity index (χ4n) is 3.73. The molecule has 0 saturated heterocycles. The first-order valence-corrected chi connectivity index (χ1v) is 10.8. The van der Waals surface area contributed by atoms with Crippen molar-refractivity contribution in [1.29, 1.82) is 0 Å². The molecule has 9 heteroatoms. The van der Waals surface area contributed by atoms with Gasteiger partial charge in [0.15, 0.2) is 0 Å². The summed E-state index contributed by atoms with van der Waals surface area (Å²) in [5.74, 6) is -2.50. The number of benzene rings is 2. The van der Waals surface area contributed by atoms with E-state index >= 15 is 0 Å². The molecular weight excluding hydrogens is 442 g/mol. The highest BCUT2D eigenvalue weighted by Gasteiger charge is 2.30. The summed E-state index contributed by atoms with van der Waals surface area (Å²) in [6.07, 6.45) is -2.80. The molecule has 180 valence electrons. The minimum atomic E-state index is -1.38. The molecule has 0 bridgehead atoms. The van der Waals surface area contributed by atoms with Crippen molar-refractivity contribution in [3.63, 3.8) is 0 Å². The molecule has 1 atom stereocenters. The van der Waals surface area contributed by atoms with E-state index in [1.54, 1.807) is 20.8 Å². The molecule has 0 radical (unpaired) electrons. The van der Waals surface area contributed by atoms with Crippen LogP contribution in [0.25, 0.3) is 11.1 Å². The van der Waals surface area contributed by atoms with Gasteiger partial charge in [-0.25, -0.2) is 14.4 Å². The zero-order valence-corrected chi connectivity index (χ0v) is 19.2. The van der Waals surface area contributed by atoms with Gasteiger partial charge < -0.3 is 24.6 Å². The maximum atomic E-state index is 12.1. The Kier molecular flexibility index (Phi) is 7.55. The largest absolute Gasteiger partial charge is 0.516 e. The van der Waals surface area contributed by atoms with Crippen LogP contribution in [0.5, 0.6) is 0 Å². The lowest BCUT2D eigenvalue weighted by molar-refractivity contribution is -0.141. The molecule has 0 saturated carbocycles. The molecule has 1 aliphatic carbocycles. The van der Waals surface area contributed by atoms with Gasteiger partial charge in [0.2, 0.25) is 0 Å². The molecular formula is C25H27NO8. The average Bonchev–Trinajstić information content (AvgIpc) is 3.07. The van der Waals surface area contributed by atoms with Gasteiger partial charge in [-0.05, 0) is 49.4 Å². The lowest BCUT2D eigenvalue weighted by Gasteiger charge is -2.21. The van der Waals surface area contributed by atoms with Crippen molar-refractivity contribution in [2.75, 3.05) is 6.61 Å². The van der Waals surface area contributed by atoms with Gasteiger partial charge in [-0.1, -0.05) is 48.5 Å². The summed E-state index contributed by atoms with van der Waals surface area (Å²) in [5.41, 5.74) is 3.35. The van der Waals surface area contributed by atoms with Crippen LogP contribution >= 0.6 is 0 Å². The number of esters is 1. The zero-order chi connectivity index (χ0) is 24.9. The number of carbonyl (C=O) groups excluding carboxylic acids is 3. The van der Waals surface area contributed by atoms with Crippen LogP contribution in [0, 0.1) is 0 Å². The average molecular weight is 469 g/mol. The van der Waals surface area contributed by atoms with Crippen molar-refractivity contribution in [2.24, 2.45) is 0 Å². The second-order valence-corrected chi connectivity index (χ2v) is 8.84. The summed E-state index contributed by atoms with van der Waals surface area (Å²) in [7, 11) is 0. The highest BCUT2D eigenvalue weighted by molar-refractivity contribution is 5.84. The second kappa shape index (κ2) is 10.4. The van der Waals surface area contributed by atoms with Crippen molar-refractivity contribution in [3.05, 3.63) is 59.7 Å². The van der Waals surface area contributed by atoms with Gasteiger partial charge in [0.25, 0.3) is 0 Å². The first kappa shape index (κ1) is 24.8. The molecule has 0 aliphatic heterocycles. The lowest BCUT2D eigenvalue weighted by Crippen LogP contribution is -2.43. The molecule has 9 nitrogen and oxygen atoms in total. The first-order valence-electron chi connectivity index (χ1n) is 10.8. The standard InChI is InChI=1S/C25H27NO8/c1-25(2,3)34-23(30)26-20(22(28)29)12-13-21(27)33-24(31)32-14-19-17-10-6-4-8-15(17)16-9-5-7-11-18(16)19/h4-11,19-20H,12-14H2,1-3H3,(H,26,30)(H,28,29)/t20-/m0/s1. The van der Waals surface area contributed by atoms with E-state index in [1.165, 1.54) is 0 Å². The summed E-state index contributed by atoms with van der Waals surface area (Å²) in [4.78, 5) is 47.3. The Balaban J connectivity index is 1.50. The van der Waals surface area contributed by atoms with E-state index in [2.05, 4.69) is 10.1 Å². The third kappa shape index (κ3) is 6.34.